The first-order chi connectivity index (χ1) is 8.83. The quantitative estimate of drug-likeness (QED) is 0.822. The summed E-state index contributed by atoms with van der Waals surface area (Å²) < 4.78 is 0. The fourth-order valence-electron chi connectivity index (χ4n) is 3.02. The summed E-state index contributed by atoms with van der Waals surface area (Å²) in [4.78, 5) is 12.2. The van der Waals surface area contributed by atoms with E-state index < -0.39 is 0 Å². The Hall–Kier alpha value is -1.35. The fraction of sp³-hybridized carbons (Fsp3) is 0.533. The highest BCUT2D eigenvalue weighted by Gasteiger charge is 2.26. The van der Waals surface area contributed by atoms with Gasteiger partial charge in [-0.05, 0) is 43.4 Å². The molecule has 0 spiro atoms. The molecule has 1 fully saturated rings. The Labute approximate surface area is 108 Å². The molecule has 1 aromatic rings. The highest BCUT2D eigenvalue weighted by molar-refractivity contribution is 5.79. The monoisotopic (exact) mass is 244 g/mol. The van der Waals surface area contributed by atoms with Gasteiger partial charge in [-0.25, -0.2) is 0 Å². The van der Waals surface area contributed by atoms with Crippen molar-refractivity contribution < 1.29 is 4.79 Å². The molecule has 2 N–H and O–H groups in total. The Bertz CT molecular complexity index is 438. The number of carbonyl (C=O) groups is 1. The molecule has 3 heteroatoms. The molecule has 2 aliphatic rings. The lowest BCUT2D eigenvalue weighted by molar-refractivity contribution is -0.125. The summed E-state index contributed by atoms with van der Waals surface area (Å²) >= 11 is 0. The molecule has 1 heterocycles. The second kappa shape index (κ2) is 5.11. The van der Waals surface area contributed by atoms with Crippen molar-refractivity contribution in [2.75, 3.05) is 13.1 Å². The predicted octanol–water partition coefficient (Wildman–Crippen LogP) is 1.27. The van der Waals surface area contributed by atoms with E-state index in [1.807, 2.05) is 0 Å². The van der Waals surface area contributed by atoms with Crippen LogP contribution in [0.1, 0.15) is 24.0 Å². The number of amides is 1. The molecule has 1 aliphatic heterocycles. The minimum Gasteiger partial charge on any atom is -0.352 e. The highest BCUT2D eigenvalue weighted by Crippen LogP contribution is 2.25. The number of rotatable bonds is 2. The Kier molecular flexibility index (Phi) is 3.33. The molecule has 1 amide bonds. The zero-order valence-electron chi connectivity index (χ0n) is 10.6. The number of hydrogen-bond donors (Lipinski definition) is 2. The van der Waals surface area contributed by atoms with Gasteiger partial charge in [0.2, 0.25) is 5.91 Å². The summed E-state index contributed by atoms with van der Waals surface area (Å²) in [5.74, 6) is 0.415. The van der Waals surface area contributed by atoms with Gasteiger partial charge < -0.3 is 10.6 Å². The zero-order valence-corrected chi connectivity index (χ0v) is 10.6. The van der Waals surface area contributed by atoms with Crippen LogP contribution in [0.15, 0.2) is 24.3 Å². The van der Waals surface area contributed by atoms with Crippen molar-refractivity contribution in [3.63, 3.8) is 0 Å². The number of fused-ring (bicyclic) bond motifs is 1. The van der Waals surface area contributed by atoms with Gasteiger partial charge in [0.05, 0.1) is 0 Å². The summed E-state index contributed by atoms with van der Waals surface area (Å²) in [6.07, 6.45) is 4.00. The molecule has 3 nitrogen and oxygen atoms in total. The molecule has 1 saturated heterocycles. The lowest BCUT2D eigenvalue weighted by Crippen LogP contribution is -2.41. The molecule has 0 saturated carbocycles. The van der Waals surface area contributed by atoms with E-state index in [9.17, 15) is 4.79 Å². The van der Waals surface area contributed by atoms with Crippen LogP contribution in [0.4, 0.5) is 0 Å². The van der Waals surface area contributed by atoms with Gasteiger partial charge in [0.1, 0.15) is 0 Å². The van der Waals surface area contributed by atoms with Gasteiger partial charge in [0.25, 0.3) is 0 Å². The van der Waals surface area contributed by atoms with E-state index in [0.717, 1.165) is 38.8 Å². The van der Waals surface area contributed by atoms with Crippen molar-refractivity contribution in [3.05, 3.63) is 35.4 Å². The van der Waals surface area contributed by atoms with Crippen LogP contribution < -0.4 is 10.6 Å². The summed E-state index contributed by atoms with van der Waals surface area (Å²) in [5, 5.41) is 6.46. The maximum absolute atomic E-state index is 12.2. The molecule has 96 valence electrons. The van der Waals surface area contributed by atoms with Crippen molar-refractivity contribution in [1.82, 2.24) is 10.6 Å². The van der Waals surface area contributed by atoms with Gasteiger partial charge in [-0.1, -0.05) is 24.3 Å². The second-order valence-electron chi connectivity index (χ2n) is 5.41. The van der Waals surface area contributed by atoms with Crippen LogP contribution in [-0.2, 0) is 17.6 Å². The summed E-state index contributed by atoms with van der Waals surface area (Å²) in [7, 11) is 0. The maximum Gasteiger partial charge on any atom is 0.223 e. The van der Waals surface area contributed by atoms with E-state index in [2.05, 4.69) is 34.9 Å². The highest BCUT2D eigenvalue weighted by atomic mass is 16.1. The summed E-state index contributed by atoms with van der Waals surface area (Å²) in [6.45, 7) is 1.95. The predicted molar refractivity (Wildman–Crippen MR) is 71.4 cm³/mol. The first kappa shape index (κ1) is 11.7. The SMILES string of the molecule is O=C(NC1CCNC1)C1CCc2ccccc2C1. The minimum atomic E-state index is 0.167. The van der Waals surface area contributed by atoms with Gasteiger partial charge in [0.15, 0.2) is 0 Å². The third-order valence-electron chi connectivity index (χ3n) is 4.12. The van der Waals surface area contributed by atoms with Crippen molar-refractivity contribution in [2.24, 2.45) is 5.92 Å². The van der Waals surface area contributed by atoms with E-state index in [4.69, 9.17) is 0 Å². The molecule has 0 radical (unpaired) electrons. The van der Waals surface area contributed by atoms with Crippen LogP contribution in [0.25, 0.3) is 0 Å². The van der Waals surface area contributed by atoms with Gasteiger partial charge in [-0.2, -0.15) is 0 Å². The lowest BCUT2D eigenvalue weighted by Gasteiger charge is -2.25. The number of aryl methyl sites for hydroxylation is 1. The molecule has 3 rings (SSSR count). The van der Waals surface area contributed by atoms with E-state index in [-0.39, 0.29) is 11.8 Å². The summed E-state index contributed by atoms with van der Waals surface area (Å²) in [5.41, 5.74) is 2.78. The zero-order chi connectivity index (χ0) is 12.4. The molecular formula is C15H20N2O. The molecule has 2 atom stereocenters. The van der Waals surface area contributed by atoms with Crippen LogP contribution in [0, 0.1) is 5.92 Å². The van der Waals surface area contributed by atoms with Crippen LogP contribution in [-0.4, -0.2) is 25.0 Å². The second-order valence-corrected chi connectivity index (χ2v) is 5.41. The maximum atomic E-state index is 12.2. The van der Waals surface area contributed by atoms with Gasteiger partial charge in [-0.3, -0.25) is 4.79 Å². The van der Waals surface area contributed by atoms with Gasteiger partial charge >= 0.3 is 0 Å². The first-order valence-corrected chi connectivity index (χ1v) is 6.91. The number of benzene rings is 1. The topological polar surface area (TPSA) is 41.1 Å². The summed E-state index contributed by atoms with van der Waals surface area (Å²) in [6, 6.07) is 8.84. The first-order valence-electron chi connectivity index (χ1n) is 6.91. The number of carbonyl (C=O) groups excluding carboxylic acids is 1. The Morgan fingerprint density at radius 3 is 2.83 bits per heavy atom. The van der Waals surface area contributed by atoms with E-state index in [0.29, 0.717) is 6.04 Å². The van der Waals surface area contributed by atoms with Crippen LogP contribution in [0.5, 0.6) is 0 Å². The average molecular weight is 244 g/mol. The van der Waals surface area contributed by atoms with E-state index >= 15 is 0 Å². The minimum absolute atomic E-state index is 0.167. The van der Waals surface area contributed by atoms with E-state index in [1.165, 1.54) is 11.1 Å². The lowest BCUT2D eigenvalue weighted by atomic mass is 9.83. The molecule has 2 unspecified atom stereocenters. The molecule has 1 aromatic carbocycles. The van der Waals surface area contributed by atoms with Crippen LogP contribution in [0.2, 0.25) is 0 Å². The average Bonchev–Trinajstić information content (AvgIpc) is 2.91. The smallest absolute Gasteiger partial charge is 0.223 e. The largest absolute Gasteiger partial charge is 0.352 e. The van der Waals surface area contributed by atoms with Crippen molar-refractivity contribution in [3.8, 4) is 0 Å². The van der Waals surface area contributed by atoms with Gasteiger partial charge in [-0.15, -0.1) is 0 Å². The third kappa shape index (κ3) is 2.41. The van der Waals surface area contributed by atoms with Crippen LogP contribution >= 0.6 is 0 Å². The number of nitrogens with one attached hydrogen (secondary N) is 2. The van der Waals surface area contributed by atoms with Gasteiger partial charge in [0, 0.05) is 18.5 Å². The molecule has 0 bridgehead atoms. The Morgan fingerprint density at radius 2 is 2.06 bits per heavy atom. The van der Waals surface area contributed by atoms with Crippen LogP contribution in [0.3, 0.4) is 0 Å². The van der Waals surface area contributed by atoms with E-state index in [1.54, 1.807) is 0 Å². The third-order valence-corrected chi connectivity index (χ3v) is 4.12. The fourth-order valence-corrected chi connectivity index (χ4v) is 3.02. The number of hydrogen-bond acceptors (Lipinski definition) is 2. The standard InChI is InChI=1S/C15H20N2O/c18-15(17-14-7-8-16-10-14)13-6-5-11-3-1-2-4-12(11)9-13/h1-4,13-14,16H,5-10H2,(H,17,18). The van der Waals surface area contributed by atoms with Crippen molar-refractivity contribution >= 4 is 5.91 Å². The van der Waals surface area contributed by atoms with Crippen molar-refractivity contribution in [1.29, 1.82) is 0 Å². The molecule has 18 heavy (non-hydrogen) atoms. The Morgan fingerprint density at radius 1 is 1.22 bits per heavy atom. The molecule has 1 aliphatic carbocycles. The molecular weight excluding hydrogens is 224 g/mol. The Balaban J connectivity index is 1.62. The normalized spacial score (nSPS) is 26.7. The molecule has 0 aromatic heterocycles. The van der Waals surface area contributed by atoms with Crippen molar-refractivity contribution in [2.45, 2.75) is 31.7 Å².